The first kappa shape index (κ1) is 14.9. The first-order valence-electron chi connectivity index (χ1n) is 6.83. The fourth-order valence-corrected chi connectivity index (χ4v) is 2.83. The molecule has 0 aromatic rings. The summed E-state index contributed by atoms with van der Waals surface area (Å²) in [6.07, 6.45) is 5.63. The summed E-state index contributed by atoms with van der Waals surface area (Å²) >= 11 is 0. The van der Waals surface area contributed by atoms with Gasteiger partial charge in [-0.15, -0.1) is 0 Å². The van der Waals surface area contributed by atoms with Gasteiger partial charge in [0.15, 0.2) is 0 Å². The number of hydrogen-bond acceptors (Lipinski definition) is 4. The highest BCUT2D eigenvalue weighted by Crippen LogP contribution is 2.28. The van der Waals surface area contributed by atoms with Crippen molar-refractivity contribution in [2.75, 3.05) is 19.7 Å². The monoisotopic (exact) mass is 244 g/mol. The first-order chi connectivity index (χ1) is 8.12. The Kier molecular flexibility index (Phi) is 6.41. The standard InChI is InChI=1S/C13H28N2O2/c1-11-8-13(10-14,9-12(2)17-11)15-6-4-3-5-7-16/h11-12,15-16H,3-10,14H2,1-2H3. The summed E-state index contributed by atoms with van der Waals surface area (Å²) in [6, 6.07) is 0. The number of aliphatic hydroxyl groups excluding tert-OH is 1. The van der Waals surface area contributed by atoms with Crippen molar-refractivity contribution >= 4 is 0 Å². The lowest BCUT2D eigenvalue weighted by molar-refractivity contribution is -0.0669. The summed E-state index contributed by atoms with van der Waals surface area (Å²) in [4.78, 5) is 0. The fourth-order valence-electron chi connectivity index (χ4n) is 2.83. The average Bonchev–Trinajstić information content (AvgIpc) is 2.27. The molecule has 1 saturated heterocycles. The summed E-state index contributed by atoms with van der Waals surface area (Å²) < 4.78 is 5.76. The van der Waals surface area contributed by atoms with Crippen LogP contribution in [0.25, 0.3) is 0 Å². The molecule has 1 heterocycles. The average molecular weight is 244 g/mol. The third kappa shape index (κ3) is 4.92. The van der Waals surface area contributed by atoms with Crippen molar-refractivity contribution in [2.24, 2.45) is 5.73 Å². The van der Waals surface area contributed by atoms with E-state index in [4.69, 9.17) is 15.6 Å². The molecule has 17 heavy (non-hydrogen) atoms. The summed E-state index contributed by atoms with van der Waals surface area (Å²) in [5, 5.41) is 12.3. The maximum absolute atomic E-state index is 8.72. The van der Waals surface area contributed by atoms with Crippen molar-refractivity contribution < 1.29 is 9.84 Å². The molecule has 0 aromatic carbocycles. The van der Waals surface area contributed by atoms with Crippen LogP contribution in [0, 0.1) is 0 Å². The Balaban J connectivity index is 2.34. The Morgan fingerprint density at radius 2 is 1.88 bits per heavy atom. The lowest BCUT2D eigenvalue weighted by Gasteiger charge is -2.43. The number of ether oxygens (including phenoxy) is 1. The van der Waals surface area contributed by atoms with Gasteiger partial charge in [-0.05, 0) is 52.5 Å². The van der Waals surface area contributed by atoms with Crippen LogP contribution < -0.4 is 11.1 Å². The second kappa shape index (κ2) is 7.31. The molecule has 0 amide bonds. The minimum Gasteiger partial charge on any atom is -0.396 e. The Bertz CT molecular complexity index is 202. The van der Waals surface area contributed by atoms with Crippen LogP contribution in [-0.2, 0) is 4.74 Å². The van der Waals surface area contributed by atoms with E-state index in [1.54, 1.807) is 0 Å². The number of unbranched alkanes of at least 4 members (excludes halogenated alkanes) is 2. The smallest absolute Gasteiger partial charge is 0.0568 e. The van der Waals surface area contributed by atoms with E-state index in [0.29, 0.717) is 13.2 Å². The molecule has 2 atom stereocenters. The van der Waals surface area contributed by atoms with Gasteiger partial charge < -0.3 is 20.9 Å². The van der Waals surface area contributed by atoms with E-state index in [2.05, 4.69) is 19.2 Å². The van der Waals surface area contributed by atoms with Crippen LogP contribution in [0.4, 0.5) is 0 Å². The number of nitrogens with one attached hydrogen (secondary N) is 1. The fraction of sp³-hybridized carbons (Fsp3) is 1.00. The van der Waals surface area contributed by atoms with Gasteiger partial charge in [-0.3, -0.25) is 0 Å². The normalized spacial score (nSPS) is 33.9. The van der Waals surface area contributed by atoms with E-state index in [9.17, 15) is 0 Å². The van der Waals surface area contributed by atoms with Crippen LogP contribution in [-0.4, -0.2) is 42.5 Å². The molecule has 1 aliphatic rings. The predicted molar refractivity (Wildman–Crippen MR) is 70.0 cm³/mol. The van der Waals surface area contributed by atoms with Crippen molar-refractivity contribution in [3.8, 4) is 0 Å². The Morgan fingerprint density at radius 3 is 2.41 bits per heavy atom. The highest BCUT2D eigenvalue weighted by atomic mass is 16.5. The van der Waals surface area contributed by atoms with Gasteiger partial charge in [-0.25, -0.2) is 0 Å². The molecule has 0 bridgehead atoms. The topological polar surface area (TPSA) is 67.5 Å². The van der Waals surface area contributed by atoms with Gasteiger partial charge in [0.25, 0.3) is 0 Å². The minimum absolute atomic E-state index is 0.0519. The predicted octanol–water partition coefficient (Wildman–Crippen LogP) is 1.02. The molecule has 0 spiro atoms. The van der Waals surface area contributed by atoms with E-state index < -0.39 is 0 Å². The highest BCUT2D eigenvalue weighted by molar-refractivity contribution is 4.95. The molecule has 4 heteroatoms. The molecule has 2 unspecified atom stereocenters. The zero-order chi connectivity index (χ0) is 12.7. The Morgan fingerprint density at radius 1 is 1.24 bits per heavy atom. The summed E-state index contributed by atoms with van der Waals surface area (Å²) in [7, 11) is 0. The minimum atomic E-state index is 0.0519. The molecule has 1 fully saturated rings. The number of rotatable bonds is 7. The molecule has 0 radical (unpaired) electrons. The molecule has 1 rings (SSSR count). The molecule has 4 N–H and O–H groups in total. The SMILES string of the molecule is CC1CC(CN)(NCCCCCO)CC(C)O1. The molecule has 0 saturated carbocycles. The summed E-state index contributed by atoms with van der Waals surface area (Å²) in [5.41, 5.74) is 6.00. The molecular weight excluding hydrogens is 216 g/mol. The van der Waals surface area contributed by atoms with E-state index in [0.717, 1.165) is 38.6 Å². The lowest BCUT2D eigenvalue weighted by Crippen LogP contribution is -2.58. The summed E-state index contributed by atoms with van der Waals surface area (Å²) in [6.45, 7) is 6.19. The molecule has 1 aliphatic heterocycles. The van der Waals surface area contributed by atoms with Gasteiger partial charge in [-0.1, -0.05) is 0 Å². The second-order valence-corrected chi connectivity index (χ2v) is 5.36. The van der Waals surface area contributed by atoms with Crippen LogP contribution in [0.1, 0.15) is 46.0 Å². The van der Waals surface area contributed by atoms with E-state index in [1.165, 1.54) is 0 Å². The van der Waals surface area contributed by atoms with Gasteiger partial charge >= 0.3 is 0 Å². The number of hydrogen-bond donors (Lipinski definition) is 3. The largest absolute Gasteiger partial charge is 0.396 e. The van der Waals surface area contributed by atoms with Crippen LogP contribution in [0.15, 0.2) is 0 Å². The van der Waals surface area contributed by atoms with Crippen molar-refractivity contribution in [3.63, 3.8) is 0 Å². The third-order valence-electron chi connectivity index (χ3n) is 3.55. The van der Waals surface area contributed by atoms with Gasteiger partial charge in [0, 0.05) is 18.7 Å². The quantitative estimate of drug-likeness (QED) is 0.585. The highest BCUT2D eigenvalue weighted by Gasteiger charge is 2.36. The lowest BCUT2D eigenvalue weighted by atomic mass is 9.84. The number of aliphatic hydroxyl groups is 1. The van der Waals surface area contributed by atoms with E-state index >= 15 is 0 Å². The van der Waals surface area contributed by atoms with Gasteiger partial charge in [-0.2, -0.15) is 0 Å². The first-order valence-corrected chi connectivity index (χ1v) is 6.83. The maximum Gasteiger partial charge on any atom is 0.0568 e. The molecule has 0 aliphatic carbocycles. The second-order valence-electron chi connectivity index (χ2n) is 5.36. The summed E-state index contributed by atoms with van der Waals surface area (Å²) in [5.74, 6) is 0. The van der Waals surface area contributed by atoms with E-state index in [1.807, 2.05) is 0 Å². The van der Waals surface area contributed by atoms with Crippen LogP contribution in [0.2, 0.25) is 0 Å². The van der Waals surface area contributed by atoms with Crippen molar-refractivity contribution in [1.82, 2.24) is 5.32 Å². The molecular formula is C13H28N2O2. The zero-order valence-electron chi connectivity index (χ0n) is 11.2. The van der Waals surface area contributed by atoms with Crippen LogP contribution in [0.5, 0.6) is 0 Å². The number of nitrogens with two attached hydrogens (primary N) is 1. The molecule has 0 aromatic heterocycles. The van der Waals surface area contributed by atoms with Crippen molar-refractivity contribution in [1.29, 1.82) is 0 Å². The van der Waals surface area contributed by atoms with Gasteiger partial charge in [0.2, 0.25) is 0 Å². The zero-order valence-corrected chi connectivity index (χ0v) is 11.2. The van der Waals surface area contributed by atoms with Crippen molar-refractivity contribution in [2.45, 2.75) is 63.7 Å². The Hall–Kier alpha value is -0.160. The molecule has 102 valence electrons. The molecule has 4 nitrogen and oxygen atoms in total. The van der Waals surface area contributed by atoms with Crippen LogP contribution >= 0.6 is 0 Å². The Labute approximate surface area is 105 Å². The van der Waals surface area contributed by atoms with Crippen LogP contribution in [0.3, 0.4) is 0 Å². The van der Waals surface area contributed by atoms with Gasteiger partial charge in [0.05, 0.1) is 12.2 Å². The van der Waals surface area contributed by atoms with Crippen molar-refractivity contribution in [3.05, 3.63) is 0 Å². The van der Waals surface area contributed by atoms with Gasteiger partial charge in [0.1, 0.15) is 0 Å². The van der Waals surface area contributed by atoms with E-state index in [-0.39, 0.29) is 17.7 Å². The maximum atomic E-state index is 8.72. The third-order valence-corrected chi connectivity index (χ3v) is 3.55.